The smallest absolute Gasteiger partial charge is 0.273 e. The van der Waals surface area contributed by atoms with Gasteiger partial charge in [-0.05, 0) is 51.8 Å². The molecule has 1 heterocycles. The number of nitrogens with zero attached hydrogens (tertiary/aromatic N) is 1. The number of hydrogen-bond donors (Lipinski definition) is 2. The van der Waals surface area contributed by atoms with Crippen molar-refractivity contribution in [3.05, 3.63) is 39.4 Å². The fourth-order valence-electron chi connectivity index (χ4n) is 2.78. The zero-order valence-electron chi connectivity index (χ0n) is 12.4. The van der Waals surface area contributed by atoms with Gasteiger partial charge in [-0.1, -0.05) is 6.07 Å². The molecule has 1 saturated heterocycles. The van der Waals surface area contributed by atoms with E-state index in [-0.39, 0.29) is 17.6 Å². The third-order valence-corrected chi connectivity index (χ3v) is 4.15. The van der Waals surface area contributed by atoms with Gasteiger partial charge in [0.05, 0.1) is 4.92 Å². The van der Waals surface area contributed by atoms with Crippen LogP contribution in [0.2, 0.25) is 0 Å². The molecule has 0 radical (unpaired) electrons. The molecule has 0 bridgehead atoms. The summed E-state index contributed by atoms with van der Waals surface area (Å²) in [7, 11) is 0. The summed E-state index contributed by atoms with van der Waals surface area (Å²) in [6.45, 7) is 5.53. The van der Waals surface area contributed by atoms with Gasteiger partial charge in [0.25, 0.3) is 11.6 Å². The van der Waals surface area contributed by atoms with Gasteiger partial charge in [-0.2, -0.15) is 0 Å². The predicted octanol–water partition coefficient (Wildman–Crippen LogP) is 2.02. The first-order chi connectivity index (χ1) is 10.0. The largest absolute Gasteiger partial charge is 0.349 e. The lowest BCUT2D eigenvalue weighted by atomic mass is 9.92. The molecule has 114 valence electrons. The highest BCUT2D eigenvalue weighted by Crippen LogP contribution is 2.21. The van der Waals surface area contributed by atoms with Crippen LogP contribution in [0.4, 0.5) is 5.69 Å². The Morgan fingerprint density at radius 2 is 2.29 bits per heavy atom. The molecule has 0 spiro atoms. The maximum Gasteiger partial charge on any atom is 0.273 e. The van der Waals surface area contributed by atoms with E-state index in [2.05, 4.69) is 10.6 Å². The zero-order chi connectivity index (χ0) is 15.4. The Labute approximate surface area is 124 Å². The van der Waals surface area contributed by atoms with Crippen molar-refractivity contribution in [1.82, 2.24) is 10.6 Å². The van der Waals surface area contributed by atoms with Crippen LogP contribution in [0, 0.1) is 23.0 Å². The lowest BCUT2D eigenvalue weighted by Gasteiger charge is -2.29. The number of nitro benzene ring substituents is 1. The Bertz CT molecular complexity index is 539. The Balaban J connectivity index is 2.09. The van der Waals surface area contributed by atoms with Crippen molar-refractivity contribution in [2.75, 3.05) is 13.1 Å². The fourth-order valence-corrected chi connectivity index (χ4v) is 2.78. The maximum atomic E-state index is 12.3. The van der Waals surface area contributed by atoms with Crippen molar-refractivity contribution in [3.63, 3.8) is 0 Å². The molecule has 1 aliphatic rings. The summed E-state index contributed by atoms with van der Waals surface area (Å²) in [5.41, 5.74) is 0.767. The van der Waals surface area contributed by atoms with Crippen molar-refractivity contribution < 1.29 is 9.72 Å². The highest BCUT2D eigenvalue weighted by Gasteiger charge is 2.23. The predicted molar refractivity (Wildman–Crippen MR) is 80.4 cm³/mol. The first-order valence-corrected chi connectivity index (χ1v) is 7.26. The molecule has 0 aromatic heterocycles. The van der Waals surface area contributed by atoms with Gasteiger partial charge < -0.3 is 10.6 Å². The highest BCUT2D eigenvalue weighted by molar-refractivity contribution is 5.96. The molecular formula is C15H21N3O3. The van der Waals surface area contributed by atoms with Gasteiger partial charge in [0.15, 0.2) is 0 Å². The van der Waals surface area contributed by atoms with E-state index in [1.807, 2.05) is 6.92 Å². The third-order valence-electron chi connectivity index (χ3n) is 4.15. The Hall–Kier alpha value is -1.95. The van der Waals surface area contributed by atoms with Crippen LogP contribution in [0.15, 0.2) is 18.2 Å². The van der Waals surface area contributed by atoms with Gasteiger partial charge in [0.2, 0.25) is 0 Å². The normalized spacial score (nSPS) is 19.8. The number of piperidine rings is 1. The van der Waals surface area contributed by atoms with Crippen LogP contribution in [0.25, 0.3) is 0 Å². The molecule has 2 unspecified atom stereocenters. The van der Waals surface area contributed by atoms with Crippen molar-refractivity contribution >= 4 is 11.6 Å². The molecule has 2 N–H and O–H groups in total. The second kappa shape index (κ2) is 6.67. The standard InChI is InChI=1S/C15H21N3O3/c1-10-13(6-3-7-14(10)18(20)21)15(19)17-11(2)12-5-4-8-16-9-12/h3,6-7,11-12,16H,4-5,8-9H2,1-2H3,(H,17,19). The highest BCUT2D eigenvalue weighted by atomic mass is 16.6. The maximum absolute atomic E-state index is 12.3. The van der Waals surface area contributed by atoms with Crippen LogP contribution in [-0.4, -0.2) is 30.0 Å². The average molecular weight is 291 g/mol. The number of carbonyl (C=O) groups excluding carboxylic acids is 1. The minimum absolute atomic E-state index is 0.0189. The molecule has 6 heteroatoms. The minimum atomic E-state index is -0.458. The molecule has 1 aromatic rings. The molecule has 1 amide bonds. The molecular weight excluding hydrogens is 270 g/mol. The lowest BCUT2D eigenvalue weighted by Crippen LogP contribution is -2.44. The van der Waals surface area contributed by atoms with Crippen molar-refractivity contribution in [2.24, 2.45) is 5.92 Å². The lowest BCUT2D eigenvalue weighted by molar-refractivity contribution is -0.385. The summed E-state index contributed by atoms with van der Waals surface area (Å²) in [5, 5.41) is 17.2. The second-order valence-electron chi connectivity index (χ2n) is 5.58. The summed E-state index contributed by atoms with van der Waals surface area (Å²) < 4.78 is 0. The number of nitrogens with one attached hydrogen (secondary N) is 2. The first kappa shape index (κ1) is 15.4. The molecule has 1 fully saturated rings. The van der Waals surface area contributed by atoms with Crippen molar-refractivity contribution in [3.8, 4) is 0 Å². The van der Waals surface area contributed by atoms with Gasteiger partial charge in [0.1, 0.15) is 0 Å². The monoisotopic (exact) mass is 291 g/mol. The molecule has 0 saturated carbocycles. The van der Waals surface area contributed by atoms with Crippen LogP contribution in [0.5, 0.6) is 0 Å². The Kier molecular flexibility index (Phi) is 4.90. The summed E-state index contributed by atoms with van der Waals surface area (Å²) in [6.07, 6.45) is 2.20. The molecule has 6 nitrogen and oxygen atoms in total. The summed E-state index contributed by atoms with van der Waals surface area (Å²) in [5.74, 6) is 0.163. The van der Waals surface area contributed by atoms with Crippen molar-refractivity contribution in [1.29, 1.82) is 0 Å². The van der Waals surface area contributed by atoms with Crippen LogP contribution >= 0.6 is 0 Å². The number of amides is 1. The summed E-state index contributed by atoms with van der Waals surface area (Å²) in [6, 6.07) is 4.64. The average Bonchev–Trinajstić information content (AvgIpc) is 2.47. The van der Waals surface area contributed by atoms with E-state index in [0.717, 1.165) is 25.9 Å². The van der Waals surface area contributed by atoms with Gasteiger partial charge in [-0.3, -0.25) is 14.9 Å². The fraction of sp³-hybridized carbons (Fsp3) is 0.533. The van der Waals surface area contributed by atoms with E-state index in [1.165, 1.54) is 6.07 Å². The molecule has 21 heavy (non-hydrogen) atoms. The Morgan fingerprint density at radius 3 is 2.90 bits per heavy atom. The topological polar surface area (TPSA) is 84.3 Å². The van der Waals surface area contributed by atoms with Crippen LogP contribution < -0.4 is 10.6 Å². The molecule has 2 atom stereocenters. The van der Waals surface area contributed by atoms with Crippen LogP contribution in [0.3, 0.4) is 0 Å². The number of hydrogen-bond acceptors (Lipinski definition) is 4. The van der Waals surface area contributed by atoms with E-state index in [0.29, 0.717) is 17.0 Å². The molecule has 1 aliphatic heterocycles. The molecule has 2 rings (SSSR count). The third kappa shape index (κ3) is 3.58. The van der Waals surface area contributed by atoms with E-state index in [1.54, 1.807) is 19.1 Å². The number of nitro groups is 1. The quantitative estimate of drug-likeness (QED) is 0.656. The zero-order valence-corrected chi connectivity index (χ0v) is 12.4. The van der Waals surface area contributed by atoms with E-state index >= 15 is 0 Å². The van der Waals surface area contributed by atoms with Gasteiger partial charge in [-0.25, -0.2) is 0 Å². The summed E-state index contributed by atoms with van der Waals surface area (Å²) >= 11 is 0. The van der Waals surface area contributed by atoms with E-state index < -0.39 is 4.92 Å². The van der Waals surface area contributed by atoms with Gasteiger partial charge >= 0.3 is 0 Å². The molecule has 1 aromatic carbocycles. The second-order valence-corrected chi connectivity index (χ2v) is 5.58. The number of rotatable bonds is 4. The minimum Gasteiger partial charge on any atom is -0.349 e. The Morgan fingerprint density at radius 1 is 1.52 bits per heavy atom. The van der Waals surface area contributed by atoms with Gasteiger partial charge in [-0.15, -0.1) is 0 Å². The SMILES string of the molecule is Cc1c(C(=O)NC(C)C2CCCNC2)cccc1[N+](=O)[O-]. The van der Waals surface area contributed by atoms with E-state index in [9.17, 15) is 14.9 Å². The van der Waals surface area contributed by atoms with Crippen LogP contribution in [0.1, 0.15) is 35.7 Å². The number of carbonyl (C=O) groups is 1. The molecule has 0 aliphatic carbocycles. The van der Waals surface area contributed by atoms with Crippen molar-refractivity contribution in [2.45, 2.75) is 32.7 Å². The number of benzene rings is 1. The van der Waals surface area contributed by atoms with E-state index in [4.69, 9.17) is 0 Å². The first-order valence-electron chi connectivity index (χ1n) is 7.26. The van der Waals surface area contributed by atoms with Crippen LogP contribution in [-0.2, 0) is 0 Å². The van der Waals surface area contributed by atoms with Gasteiger partial charge in [0, 0.05) is 23.2 Å². The summed E-state index contributed by atoms with van der Waals surface area (Å²) in [4.78, 5) is 22.8.